The van der Waals surface area contributed by atoms with E-state index < -0.39 is 15.7 Å². The first-order chi connectivity index (χ1) is 11.3. The standard InChI is InChI=1S/C16H19ClN2O4S/c17-13-3-1-2-12(10-13)4-5-15(20)18-11-16(21)19-14-6-8-24(22,23)9-7-14/h1-5,10,14H,6-9,11H2,(H,18,20)(H,19,21). The third-order valence-corrected chi connectivity index (χ3v) is 5.57. The molecule has 0 atom stereocenters. The number of halogens is 1. The molecule has 0 unspecified atom stereocenters. The number of hydrogen-bond acceptors (Lipinski definition) is 4. The van der Waals surface area contributed by atoms with Crippen molar-refractivity contribution in [1.82, 2.24) is 10.6 Å². The Morgan fingerprint density at radius 2 is 1.96 bits per heavy atom. The summed E-state index contributed by atoms with van der Waals surface area (Å²) in [6.07, 6.45) is 3.75. The van der Waals surface area contributed by atoms with E-state index in [2.05, 4.69) is 10.6 Å². The lowest BCUT2D eigenvalue weighted by Gasteiger charge is -2.22. The van der Waals surface area contributed by atoms with Crippen LogP contribution in [0.1, 0.15) is 18.4 Å². The molecule has 1 aromatic carbocycles. The van der Waals surface area contributed by atoms with Gasteiger partial charge in [-0.3, -0.25) is 9.59 Å². The van der Waals surface area contributed by atoms with E-state index in [-0.39, 0.29) is 30.0 Å². The minimum Gasteiger partial charge on any atom is -0.352 e. The first-order valence-corrected chi connectivity index (χ1v) is 9.75. The van der Waals surface area contributed by atoms with Gasteiger partial charge in [0, 0.05) is 17.1 Å². The fraction of sp³-hybridized carbons (Fsp3) is 0.375. The molecule has 1 saturated heterocycles. The Morgan fingerprint density at radius 3 is 2.62 bits per heavy atom. The molecule has 8 heteroatoms. The predicted molar refractivity (Wildman–Crippen MR) is 93.3 cm³/mol. The lowest BCUT2D eigenvalue weighted by atomic mass is 10.1. The van der Waals surface area contributed by atoms with Crippen LogP contribution >= 0.6 is 11.6 Å². The van der Waals surface area contributed by atoms with Crippen LogP contribution in [0.4, 0.5) is 0 Å². The van der Waals surface area contributed by atoms with Gasteiger partial charge in [-0.05, 0) is 36.6 Å². The lowest BCUT2D eigenvalue weighted by molar-refractivity contribution is -0.124. The second-order valence-electron chi connectivity index (χ2n) is 5.60. The monoisotopic (exact) mass is 370 g/mol. The third kappa shape index (κ3) is 6.33. The second kappa shape index (κ2) is 8.30. The van der Waals surface area contributed by atoms with E-state index in [4.69, 9.17) is 11.6 Å². The Morgan fingerprint density at radius 1 is 1.25 bits per heavy atom. The van der Waals surface area contributed by atoms with Gasteiger partial charge in [-0.15, -0.1) is 0 Å². The molecule has 0 radical (unpaired) electrons. The van der Waals surface area contributed by atoms with Gasteiger partial charge >= 0.3 is 0 Å². The Labute approximate surface area is 146 Å². The van der Waals surface area contributed by atoms with E-state index in [0.717, 1.165) is 5.56 Å². The van der Waals surface area contributed by atoms with Crippen molar-refractivity contribution in [3.8, 4) is 0 Å². The summed E-state index contributed by atoms with van der Waals surface area (Å²) < 4.78 is 22.6. The lowest BCUT2D eigenvalue weighted by Crippen LogP contribution is -2.44. The van der Waals surface area contributed by atoms with Gasteiger partial charge in [0.05, 0.1) is 18.1 Å². The normalized spacial score (nSPS) is 17.5. The fourth-order valence-electron chi connectivity index (χ4n) is 2.32. The largest absolute Gasteiger partial charge is 0.352 e. The highest BCUT2D eigenvalue weighted by Crippen LogP contribution is 2.12. The highest BCUT2D eigenvalue weighted by atomic mass is 35.5. The number of rotatable bonds is 5. The van der Waals surface area contributed by atoms with Gasteiger partial charge in [0.1, 0.15) is 9.84 Å². The Bertz CT molecular complexity index is 732. The van der Waals surface area contributed by atoms with Gasteiger partial charge in [0.25, 0.3) is 0 Å². The molecule has 2 rings (SSSR count). The topological polar surface area (TPSA) is 92.3 Å². The molecule has 1 fully saturated rings. The van der Waals surface area contributed by atoms with E-state index in [1.807, 2.05) is 0 Å². The van der Waals surface area contributed by atoms with Gasteiger partial charge in [-0.1, -0.05) is 23.7 Å². The molecule has 0 bridgehead atoms. The molecule has 2 amide bonds. The highest BCUT2D eigenvalue weighted by molar-refractivity contribution is 7.91. The van der Waals surface area contributed by atoms with Crippen LogP contribution in [0.2, 0.25) is 5.02 Å². The average molecular weight is 371 g/mol. The van der Waals surface area contributed by atoms with E-state index in [1.165, 1.54) is 6.08 Å². The van der Waals surface area contributed by atoms with Crippen molar-refractivity contribution in [2.45, 2.75) is 18.9 Å². The van der Waals surface area contributed by atoms with Crippen molar-refractivity contribution >= 4 is 39.3 Å². The van der Waals surface area contributed by atoms with Crippen LogP contribution in [-0.4, -0.2) is 44.3 Å². The molecule has 130 valence electrons. The molecule has 0 aliphatic carbocycles. The molecule has 2 N–H and O–H groups in total. The summed E-state index contributed by atoms with van der Waals surface area (Å²) in [7, 11) is -2.95. The highest BCUT2D eigenvalue weighted by Gasteiger charge is 2.24. The molecule has 0 saturated carbocycles. The minimum absolute atomic E-state index is 0.0900. The number of nitrogens with one attached hydrogen (secondary N) is 2. The molecule has 0 spiro atoms. The van der Waals surface area contributed by atoms with Gasteiger partial charge in [0.2, 0.25) is 11.8 Å². The van der Waals surface area contributed by atoms with Crippen LogP contribution in [0.3, 0.4) is 0 Å². The van der Waals surface area contributed by atoms with E-state index in [0.29, 0.717) is 17.9 Å². The van der Waals surface area contributed by atoms with Crippen LogP contribution in [0.5, 0.6) is 0 Å². The van der Waals surface area contributed by atoms with E-state index in [9.17, 15) is 18.0 Å². The number of amides is 2. The number of carbonyl (C=O) groups is 2. The molecule has 1 aliphatic heterocycles. The van der Waals surface area contributed by atoms with Gasteiger partial charge < -0.3 is 10.6 Å². The van der Waals surface area contributed by atoms with Crippen molar-refractivity contribution in [2.75, 3.05) is 18.1 Å². The van der Waals surface area contributed by atoms with Crippen molar-refractivity contribution in [3.05, 3.63) is 40.9 Å². The van der Waals surface area contributed by atoms with Crippen LogP contribution in [-0.2, 0) is 19.4 Å². The van der Waals surface area contributed by atoms with Gasteiger partial charge in [-0.25, -0.2) is 8.42 Å². The quantitative estimate of drug-likeness (QED) is 0.761. The fourth-order valence-corrected chi connectivity index (χ4v) is 4.01. The zero-order chi connectivity index (χ0) is 17.6. The molecule has 1 aromatic rings. The summed E-state index contributed by atoms with van der Waals surface area (Å²) in [5.41, 5.74) is 0.783. The van der Waals surface area contributed by atoms with Crippen molar-refractivity contribution in [3.63, 3.8) is 0 Å². The summed E-state index contributed by atoms with van der Waals surface area (Å²) in [6.45, 7) is -0.151. The summed E-state index contributed by atoms with van der Waals surface area (Å²) in [6, 6.07) is 6.88. The maximum absolute atomic E-state index is 11.8. The first-order valence-electron chi connectivity index (χ1n) is 7.55. The Hall–Kier alpha value is -1.86. The SMILES string of the molecule is O=C(C=Cc1cccc(Cl)c1)NCC(=O)NC1CCS(=O)(=O)CC1. The predicted octanol–water partition coefficient (Wildman–Crippen LogP) is 1.16. The van der Waals surface area contributed by atoms with E-state index >= 15 is 0 Å². The second-order valence-corrected chi connectivity index (χ2v) is 8.34. The Kier molecular flexibility index (Phi) is 6.39. The van der Waals surface area contributed by atoms with Crippen molar-refractivity contribution in [1.29, 1.82) is 0 Å². The van der Waals surface area contributed by atoms with Gasteiger partial charge in [0.15, 0.2) is 0 Å². The van der Waals surface area contributed by atoms with Crippen LogP contribution < -0.4 is 10.6 Å². The molecule has 6 nitrogen and oxygen atoms in total. The molecule has 1 heterocycles. The zero-order valence-electron chi connectivity index (χ0n) is 13.0. The molecular formula is C16H19ClN2O4S. The number of carbonyl (C=O) groups excluding carboxylic acids is 2. The summed E-state index contributed by atoms with van der Waals surface area (Å²) in [5, 5.41) is 5.79. The molecule has 1 aliphatic rings. The third-order valence-electron chi connectivity index (χ3n) is 3.62. The number of sulfone groups is 1. The van der Waals surface area contributed by atoms with Gasteiger partial charge in [-0.2, -0.15) is 0 Å². The molecule has 0 aromatic heterocycles. The number of hydrogen-bond donors (Lipinski definition) is 2. The molecule has 24 heavy (non-hydrogen) atoms. The maximum Gasteiger partial charge on any atom is 0.244 e. The number of benzene rings is 1. The van der Waals surface area contributed by atoms with E-state index in [1.54, 1.807) is 30.3 Å². The Balaban J connectivity index is 1.72. The minimum atomic E-state index is -2.95. The van der Waals surface area contributed by atoms with Crippen molar-refractivity contribution in [2.24, 2.45) is 0 Å². The average Bonchev–Trinajstić information content (AvgIpc) is 2.53. The zero-order valence-corrected chi connectivity index (χ0v) is 14.6. The van der Waals surface area contributed by atoms with Crippen LogP contribution in [0.25, 0.3) is 6.08 Å². The summed E-state index contributed by atoms with van der Waals surface area (Å²) in [5.74, 6) is -0.542. The smallest absolute Gasteiger partial charge is 0.244 e. The van der Waals surface area contributed by atoms with Crippen LogP contribution in [0, 0.1) is 0 Å². The van der Waals surface area contributed by atoms with Crippen LogP contribution in [0.15, 0.2) is 30.3 Å². The van der Waals surface area contributed by atoms with Crippen molar-refractivity contribution < 1.29 is 18.0 Å². The summed E-state index contributed by atoms with van der Waals surface area (Å²) >= 11 is 5.85. The summed E-state index contributed by atoms with van der Waals surface area (Å²) in [4.78, 5) is 23.5. The maximum atomic E-state index is 11.8. The molecular weight excluding hydrogens is 352 g/mol. The first kappa shape index (κ1) is 18.5.